The van der Waals surface area contributed by atoms with Crippen LogP contribution in [0.25, 0.3) is 0 Å². The first-order chi connectivity index (χ1) is 8.43. The smallest absolute Gasteiger partial charge is 0.251 e. The Balaban J connectivity index is 2.71. The summed E-state index contributed by atoms with van der Waals surface area (Å²) in [7, 11) is 0. The Bertz CT molecular complexity index is 418. The molecule has 1 aromatic carbocycles. The Morgan fingerprint density at radius 2 is 2.06 bits per heavy atom. The maximum Gasteiger partial charge on any atom is 0.251 e. The van der Waals surface area contributed by atoms with Crippen LogP contribution in [0.2, 0.25) is 0 Å². The Morgan fingerprint density at radius 3 is 2.56 bits per heavy atom. The zero-order valence-electron chi connectivity index (χ0n) is 11.0. The van der Waals surface area contributed by atoms with Crippen molar-refractivity contribution in [2.45, 2.75) is 33.2 Å². The normalized spacial score (nSPS) is 12.6. The summed E-state index contributed by atoms with van der Waals surface area (Å²) in [5, 5.41) is 3.84. The SMILES string of the molecule is Cc1cc(C(=O)NC(CBr)CC(C)C)ccc1Br. The standard InChI is InChI=1S/C14H19Br2NO/c1-9(2)6-12(8-15)17-14(18)11-4-5-13(16)10(3)7-11/h4-5,7,9,12H,6,8H2,1-3H3,(H,17,18). The van der Waals surface area contributed by atoms with Crippen LogP contribution in [0.15, 0.2) is 22.7 Å². The van der Waals surface area contributed by atoms with Gasteiger partial charge in [0.1, 0.15) is 0 Å². The number of alkyl halides is 1. The molecule has 1 atom stereocenters. The fourth-order valence-corrected chi connectivity index (χ4v) is 2.46. The van der Waals surface area contributed by atoms with E-state index in [4.69, 9.17) is 0 Å². The van der Waals surface area contributed by atoms with Crippen molar-refractivity contribution < 1.29 is 4.79 Å². The molecule has 0 aromatic heterocycles. The Kier molecular flexibility index (Phi) is 6.36. The summed E-state index contributed by atoms with van der Waals surface area (Å²) in [5.74, 6) is 0.565. The van der Waals surface area contributed by atoms with Gasteiger partial charge in [0.05, 0.1) is 0 Å². The first kappa shape index (κ1) is 15.7. The van der Waals surface area contributed by atoms with Crippen LogP contribution in [0, 0.1) is 12.8 Å². The highest BCUT2D eigenvalue weighted by atomic mass is 79.9. The number of amides is 1. The second-order valence-electron chi connectivity index (χ2n) is 4.92. The number of carbonyl (C=O) groups is 1. The van der Waals surface area contributed by atoms with E-state index in [9.17, 15) is 4.79 Å². The lowest BCUT2D eigenvalue weighted by Gasteiger charge is -2.18. The van der Waals surface area contributed by atoms with Crippen LogP contribution >= 0.6 is 31.9 Å². The van der Waals surface area contributed by atoms with Crippen LogP contribution < -0.4 is 5.32 Å². The summed E-state index contributed by atoms with van der Waals surface area (Å²) in [6.07, 6.45) is 0.979. The predicted octanol–water partition coefficient (Wildman–Crippen LogP) is 4.30. The van der Waals surface area contributed by atoms with Crippen LogP contribution in [0.4, 0.5) is 0 Å². The van der Waals surface area contributed by atoms with Gasteiger partial charge in [0.15, 0.2) is 0 Å². The topological polar surface area (TPSA) is 29.1 Å². The number of rotatable bonds is 5. The van der Waals surface area contributed by atoms with Gasteiger partial charge >= 0.3 is 0 Å². The lowest BCUT2D eigenvalue weighted by atomic mass is 10.0. The molecule has 0 heterocycles. The second-order valence-corrected chi connectivity index (χ2v) is 6.42. The van der Waals surface area contributed by atoms with Gasteiger partial charge in [-0.15, -0.1) is 0 Å². The van der Waals surface area contributed by atoms with Gasteiger partial charge in [0.25, 0.3) is 5.91 Å². The molecule has 18 heavy (non-hydrogen) atoms. The van der Waals surface area contributed by atoms with E-state index in [1.807, 2.05) is 25.1 Å². The number of hydrogen-bond acceptors (Lipinski definition) is 1. The summed E-state index contributed by atoms with van der Waals surface area (Å²) in [5.41, 5.74) is 1.78. The van der Waals surface area contributed by atoms with Crippen molar-refractivity contribution in [1.82, 2.24) is 5.32 Å². The summed E-state index contributed by atoms with van der Waals surface area (Å²) >= 11 is 6.89. The first-order valence-corrected chi connectivity index (χ1v) is 7.98. The summed E-state index contributed by atoms with van der Waals surface area (Å²) in [6.45, 7) is 6.30. The average molecular weight is 377 g/mol. The van der Waals surface area contributed by atoms with Crippen LogP contribution in [0.5, 0.6) is 0 Å². The van der Waals surface area contributed by atoms with Crippen molar-refractivity contribution in [2.24, 2.45) is 5.92 Å². The van der Waals surface area contributed by atoms with E-state index in [1.54, 1.807) is 0 Å². The van der Waals surface area contributed by atoms with Gasteiger partial charge < -0.3 is 5.32 Å². The number of nitrogens with one attached hydrogen (secondary N) is 1. The number of hydrogen-bond donors (Lipinski definition) is 1. The third-order valence-electron chi connectivity index (χ3n) is 2.70. The van der Waals surface area contributed by atoms with Crippen LogP contribution in [-0.4, -0.2) is 17.3 Å². The fourth-order valence-electron chi connectivity index (χ4n) is 1.78. The monoisotopic (exact) mass is 375 g/mol. The van der Waals surface area contributed by atoms with Crippen molar-refractivity contribution in [1.29, 1.82) is 0 Å². The lowest BCUT2D eigenvalue weighted by molar-refractivity contribution is 0.0937. The lowest BCUT2D eigenvalue weighted by Crippen LogP contribution is -2.37. The van der Waals surface area contributed by atoms with E-state index in [1.165, 1.54) is 0 Å². The Hall–Kier alpha value is -0.350. The second kappa shape index (κ2) is 7.29. The zero-order valence-corrected chi connectivity index (χ0v) is 14.1. The Morgan fingerprint density at radius 1 is 1.39 bits per heavy atom. The minimum Gasteiger partial charge on any atom is -0.348 e. The van der Waals surface area contributed by atoms with Crippen molar-refractivity contribution in [3.63, 3.8) is 0 Å². The van der Waals surface area contributed by atoms with E-state index in [-0.39, 0.29) is 11.9 Å². The number of carbonyl (C=O) groups excluding carboxylic acids is 1. The van der Waals surface area contributed by atoms with Crippen molar-refractivity contribution in [3.8, 4) is 0 Å². The molecule has 0 aliphatic rings. The minimum atomic E-state index is -0.00398. The highest BCUT2D eigenvalue weighted by Gasteiger charge is 2.14. The van der Waals surface area contributed by atoms with Crippen LogP contribution in [0.3, 0.4) is 0 Å². The molecule has 0 spiro atoms. The van der Waals surface area contributed by atoms with Gasteiger partial charge in [-0.25, -0.2) is 0 Å². The average Bonchev–Trinajstić information content (AvgIpc) is 2.31. The minimum absolute atomic E-state index is 0.00398. The van der Waals surface area contributed by atoms with Gasteiger partial charge in [0, 0.05) is 21.4 Å². The van der Waals surface area contributed by atoms with Gasteiger partial charge in [0.2, 0.25) is 0 Å². The molecule has 0 radical (unpaired) electrons. The van der Waals surface area contributed by atoms with E-state index in [0.717, 1.165) is 21.8 Å². The van der Waals surface area contributed by atoms with Crippen molar-refractivity contribution >= 4 is 37.8 Å². The van der Waals surface area contributed by atoms with Crippen molar-refractivity contribution in [2.75, 3.05) is 5.33 Å². The highest BCUT2D eigenvalue weighted by molar-refractivity contribution is 9.10. The summed E-state index contributed by atoms with van der Waals surface area (Å²) in [6, 6.07) is 5.84. The maximum absolute atomic E-state index is 12.1. The van der Waals surface area contributed by atoms with Crippen LogP contribution in [0.1, 0.15) is 36.2 Å². The summed E-state index contributed by atoms with van der Waals surface area (Å²) < 4.78 is 1.03. The van der Waals surface area contributed by atoms with Gasteiger partial charge in [-0.3, -0.25) is 4.79 Å². The molecule has 0 fully saturated rings. The quantitative estimate of drug-likeness (QED) is 0.762. The molecule has 4 heteroatoms. The van der Waals surface area contributed by atoms with E-state index < -0.39 is 0 Å². The molecule has 0 aliphatic heterocycles. The van der Waals surface area contributed by atoms with Gasteiger partial charge in [-0.1, -0.05) is 45.7 Å². The molecule has 1 N–H and O–H groups in total. The van der Waals surface area contributed by atoms with Gasteiger partial charge in [-0.05, 0) is 43.0 Å². The molecule has 0 saturated carbocycles. The number of aryl methyl sites for hydroxylation is 1. The molecule has 0 saturated heterocycles. The van der Waals surface area contributed by atoms with E-state index in [2.05, 4.69) is 51.0 Å². The first-order valence-electron chi connectivity index (χ1n) is 6.07. The summed E-state index contributed by atoms with van der Waals surface area (Å²) in [4.78, 5) is 12.1. The third-order valence-corrected chi connectivity index (χ3v) is 4.37. The maximum atomic E-state index is 12.1. The molecular weight excluding hydrogens is 358 g/mol. The van der Waals surface area contributed by atoms with Crippen molar-refractivity contribution in [3.05, 3.63) is 33.8 Å². The molecule has 1 unspecified atom stereocenters. The highest BCUT2D eigenvalue weighted by Crippen LogP contribution is 2.17. The predicted molar refractivity (Wildman–Crippen MR) is 83.4 cm³/mol. The fraction of sp³-hybridized carbons (Fsp3) is 0.500. The van der Waals surface area contributed by atoms with E-state index >= 15 is 0 Å². The van der Waals surface area contributed by atoms with Crippen LogP contribution in [-0.2, 0) is 0 Å². The molecular formula is C14H19Br2NO. The Labute approximate surface area is 126 Å². The molecule has 0 bridgehead atoms. The molecule has 1 aromatic rings. The van der Waals surface area contributed by atoms with Gasteiger partial charge in [-0.2, -0.15) is 0 Å². The molecule has 1 rings (SSSR count). The number of benzene rings is 1. The largest absolute Gasteiger partial charge is 0.348 e. The molecule has 1 amide bonds. The zero-order chi connectivity index (χ0) is 13.7. The molecule has 100 valence electrons. The number of halogens is 2. The third kappa shape index (κ3) is 4.73. The molecule has 0 aliphatic carbocycles. The molecule has 2 nitrogen and oxygen atoms in total. The van der Waals surface area contributed by atoms with E-state index in [0.29, 0.717) is 11.5 Å².